The van der Waals surface area contributed by atoms with Crippen molar-refractivity contribution >= 4 is 6.29 Å². The van der Waals surface area contributed by atoms with Crippen LogP contribution in [-0.2, 0) is 14.3 Å². The van der Waals surface area contributed by atoms with Crippen molar-refractivity contribution in [2.24, 2.45) is 17.8 Å². The second-order valence-corrected chi connectivity index (χ2v) is 5.09. The van der Waals surface area contributed by atoms with E-state index in [1.54, 1.807) is 0 Å². The quantitative estimate of drug-likeness (QED) is 0.740. The number of carbonyl (C=O) groups excluding carboxylic acids is 1. The van der Waals surface area contributed by atoms with Gasteiger partial charge < -0.3 is 19.4 Å². The van der Waals surface area contributed by atoms with Gasteiger partial charge in [-0.05, 0) is 18.8 Å². The summed E-state index contributed by atoms with van der Waals surface area (Å²) in [4.78, 5) is 11.0. The Bertz CT molecular complexity index is 260. The van der Waals surface area contributed by atoms with Gasteiger partial charge in [0.05, 0.1) is 19.8 Å². The van der Waals surface area contributed by atoms with Gasteiger partial charge in [-0.1, -0.05) is 13.3 Å². The fraction of sp³-hybridized carbons (Fsp3) is 0.923. The molecule has 0 aromatic heterocycles. The molecule has 3 unspecified atom stereocenters. The maximum atomic E-state index is 11.0. The van der Waals surface area contributed by atoms with E-state index in [2.05, 4.69) is 6.92 Å². The highest BCUT2D eigenvalue weighted by atomic mass is 16.7. The zero-order chi connectivity index (χ0) is 12.3. The summed E-state index contributed by atoms with van der Waals surface area (Å²) in [7, 11) is 0. The van der Waals surface area contributed by atoms with E-state index < -0.39 is 5.79 Å². The van der Waals surface area contributed by atoms with Gasteiger partial charge in [-0.15, -0.1) is 0 Å². The molecule has 2 fully saturated rings. The Morgan fingerprint density at radius 2 is 2.18 bits per heavy atom. The monoisotopic (exact) mass is 242 g/mol. The molecule has 2 rings (SSSR count). The fourth-order valence-corrected chi connectivity index (χ4v) is 3.45. The molecule has 4 heteroatoms. The molecule has 1 N–H and O–H groups in total. The molecule has 1 saturated heterocycles. The van der Waals surface area contributed by atoms with Crippen molar-refractivity contribution in [1.29, 1.82) is 0 Å². The zero-order valence-electron chi connectivity index (χ0n) is 10.4. The van der Waals surface area contributed by atoms with E-state index in [1.165, 1.54) is 0 Å². The molecule has 4 nitrogen and oxygen atoms in total. The van der Waals surface area contributed by atoms with Gasteiger partial charge in [0.1, 0.15) is 6.29 Å². The maximum absolute atomic E-state index is 11.0. The first-order valence-electron chi connectivity index (χ1n) is 6.61. The Hall–Kier alpha value is -0.450. The lowest BCUT2D eigenvalue weighted by Gasteiger charge is -2.33. The third kappa shape index (κ3) is 2.26. The molecule has 0 radical (unpaired) electrons. The number of carbonyl (C=O) groups is 1. The van der Waals surface area contributed by atoms with Crippen LogP contribution in [0.25, 0.3) is 0 Å². The fourth-order valence-electron chi connectivity index (χ4n) is 3.45. The zero-order valence-corrected chi connectivity index (χ0v) is 10.4. The molecular weight excluding hydrogens is 220 g/mol. The molecule has 3 atom stereocenters. The van der Waals surface area contributed by atoms with Gasteiger partial charge >= 0.3 is 0 Å². The molecule has 2 aliphatic rings. The average molecular weight is 242 g/mol. The number of hydrogen-bond donors (Lipinski definition) is 1. The van der Waals surface area contributed by atoms with E-state index >= 15 is 0 Å². The lowest BCUT2D eigenvalue weighted by molar-refractivity contribution is -0.190. The SMILES string of the molecule is CCCC1C(C(C=O)CO)CCC12OCCO2. The van der Waals surface area contributed by atoms with Crippen molar-refractivity contribution < 1.29 is 19.4 Å². The van der Waals surface area contributed by atoms with E-state index in [-0.39, 0.29) is 24.4 Å². The summed E-state index contributed by atoms with van der Waals surface area (Å²) in [6, 6.07) is 0. The van der Waals surface area contributed by atoms with Gasteiger partial charge in [-0.3, -0.25) is 0 Å². The first-order valence-corrected chi connectivity index (χ1v) is 6.61. The van der Waals surface area contributed by atoms with Crippen LogP contribution in [0.15, 0.2) is 0 Å². The summed E-state index contributed by atoms with van der Waals surface area (Å²) in [5.41, 5.74) is 0. The molecule has 1 spiro atoms. The highest BCUT2D eigenvalue weighted by molar-refractivity contribution is 5.54. The van der Waals surface area contributed by atoms with Gasteiger partial charge in [-0.25, -0.2) is 0 Å². The van der Waals surface area contributed by atoms with Crippen molar-refractivity contribution in [2.75, 3.05) is 19.8 Å². The molecule has 17 heavy (non-hydrogen) atoms. The topological polar surface area (TPSA) is 55.8 Å². The number of hydrogen-bond acceptors (Lipinski definition) is 4. The van der Waals surface area contributed by atoms with Crippen LogP contribution in [0, 0.1) is 17.8 Å². The standard InChI is InChI=1S/C13H22O4/c1-2-3-12-11(10(8-14)9-15)4-5-13(12)16-6-7-17-13/h8,10-12,15H,2-7,9H2,1H3. The van der Waals surface area contributed by atoms with Crippen LogP contribution in [0.2, 0.25) is 0 Å². The van der Waals surface area contributed by atoms with Crippen molar-refractivity contribution in [2.45, 2.75) is 38.4 Å². The van der Waals surface area contributed by atoms with Gasteiger partial charge in [-0.2, -0.15) is 0 Å². The van der Waals surface area contributed by atoms with E-state index in [0.29, 0.717) is 13.2 Å². The molecule has 1 aliphatic heterocycles. The number of aliphatic hydroxyl groups excluding tert-OH is 1. The van der Waals surface area contributed by atoms with Crippen LogP contribution in [0.5, 0.6) is 0 Å². The molecule has 1 aliphatic carbocycles. The van der Waals surface area contributed by atoms with Crippen LogP contribution < -0.4 is 0 Å². The summed E-state index contributed by atoms with van der Waals surface area (Å²) >= 11 is 0. The Morgan fingerprint density at radius 3 is 2.71 bits per heavy atom. The molecule has 1 saturated carbocycles. The first-order chi connectivity index (χ1) is 8.27. The number of ether oxygens (including phenoxy) is 2. The molecule has 1 heterocycles. The van der Waals surface area contributed by atoms with Crippen LogP contribution in [0.4, 0.5) is 0 Å². The van der Waals surface area contributed by atoms with E-state index in [4.69, 9.17) is 9.47 Å². The second-order valence-electron chi connectivity index (χ2n) is 5.09. The van der Waals surface area contributed by atoms with Gasteiger partial charge in [0.25, 0.3) is 0 Å². The summed E-state index contributed by atoms with van der Waals surface area (Å²) in [6.45, 7) is 3.37. The van der Waals surface area contributed by atoms with Gasteiger partial charge in [0.2, 0.25) is 0 Å². The lowest BCUT2D eigenvalue weighted by Crippen LogP contribution is -2.39. The van der Waals surface area contributed by atoms with Gasteiger partial charge in [0, 0.05) is 18.3 Å². The molecule has 0 aromatic carbocycles. The Labute approximate surface area is 102 Å². The van der Waals surface area contributed by atoms with Crippen molar-refractivity contribution in [3.05, 3.63) is 0 Å². The third-order valence-electron chi connectivity index (χ3n) is 4.22. The van der Waals surface area contributed by atoms with Crippen LogP contribution >= 0.6 is 0 Å². The van der Waals surface area contributed by atoms with Gasteiger partial charge in [0.15, 0.2) is 5.79 Å². The van der Waals surface area contributed by atoms with E-state index in [9.17, 15) is 9.90 Å². The van der Waals surface area contributed by atoms with E-state index in [0.717, 1.165) is 32.0 Å². The molecule has 0 bridgehead atoms. The summed E-state index contributed by atoms with van der Waals surface area (Å²) in [6.07, 6.45) is 4.70. The molecule has 98 valence electrons. The largest absolute Gasteiger partial charge is 0.396 e. The number of rotatable bonds is 5. The minimum absolute atomic E-state index is 0.0650. The van der Waals surface area contributed by atoms with Crippen molar-refractivity contribution in [3.63, 3.8) is 0 Å². The highest BCUT2D eigenvalue weighted by Crippen LogP contribution is 2.50. The predicted octanol–water partition coefficient (Wildman–Crippen LogP) is 1.36. The first kappa shape index (κ1) is 13.0. The predicted molar refractivity (Wildman–Crippen MR) is 62.4 cm³/mol. The van der Waals surface area contributed by atoms with Crippen molar-refractivity contribution in [3.8, 4) is 0 Å². The normalized spacial score (nSPS) is 33.1. The second kappa shape index (κ2) is 5.46. The minimum atomic E-state index is -0.461. The molecule has 0 aromatic rings. The highest BCUT2D eigenvalue weighted by Gasteiger charge is 2.53. The van der Waals surface area contributed by atoms with Crippen LogP contribution in [-0.4, -0.2) is 37.0 Å². The number of aliphatic hydroxyl groups is 1. The third-order valence-corrected chi connectivity index (χ3v) is 4.22. The van der Waals surface area contributed by atoms with E-state index in [1.807, 2.05) is 0 Å². The summed E-state index contributed by atoms with van der Waals surface area (Å²) < 4.78 is 11.6. The van der Waals surface area contributed by atoms with Crippen LogP contribution in [0.1, 0.15) is 32.6 Å². The molecule has 0 amide bonds. The van der Waals surface area contributed by atoms with Crippen molar-refractivity contribution in [1.82, 2.24) is 0 Å². The minimum Gasteiger partial charge on any atom is -0.396 e. The maximum Gasteiger partial charge on any atom is 0.171 e. The smallest absolute Gasteiger partial charge is 0.171 e. The van der Waals surface area contributed by atoms with Crippen LogP contribution in [0.3, 0.4) is 0 Å². The average Bonchev–Trinajstić information content (AvgIpc) is 2.94. The Kier molecular flexibility index (Phi) is 4.17. The molecular formula is C13H22O4. The summed E-state index contributed by atoms with van der Waals surface area (Å²) in [5.74, 6) is -0.275. The summed E-state index contributed by atoms with van der Waals surface area (Å²) in [5, 5.41) is 9.29. The Balaban J connectivity index is 2.15. The number of aldehydes is 1. The Morgan fingerprint density at radius 1 is 1.47 bits per heavy atom. The lowest BCUT2D eigenvalue weighted by atomic mass is 9.81.